The molecule has 0 bridgehead atoms. The van der Waals surface area contributed by atoms with Gasteiger partial charge in [0.25, 0.3) is 0 Å². The Bertz CT molecular complexity index is 109. The van der Waals surface area contributed by atoms with E-state index in [1.165, 1.54) is 0 Å². The molecule has 0 unspecified atom stereocenters. The zero-order valence-electron chi connectivity index (χ0n) is 7.39. The largest absolute Gasteiger partial charge is 0.298 e. The number of hydrogen-bond acceptors (Lipinski definition) is 2. The summed E-state index contributed by atoms with van der Waals surface area (Å²) in [6, 6.07) is 0.608. The maximum Gasteiger partial charge on any atom is 0.143 e. The second kappa shape index (κ2) is 4.02. The first-order valence-corrected chi connectivity index (χ1v) is 4.26. The van der Waals surface area contributed by atoms with E-state index in [1.807, 2.05) is 4.90 Å². The highest BCUT2D eigenvalue weighted by atomic mass is 19.1. The summed E-state index contributed by atoms with van der Waals surface area (Å²) in [6.07, 6.45) is 0. The van der Waals surface area contributed by atoms with Crippen LogP contribution in [-0.4, -0.2) is 48.8 Å². The molecular formula is C8H17FN2. The Labute approximate surface area is 68.0 Å². The van der Waals surface area contributed by atoms with Gasteiger partial charge < -0.3 is 0 Å². The Hall–Kier alpha value is -0.150. The predicted molar refractivity (Wildman–Crippen MR) is 44.3 cm³/mol. The Balaban J connectivity index is 2.24. The molecule has 1 saturated heterocycles. The lowest BCUT2D eigenvalue weighted by Crippen LogP contribution is -2.48. The lowest BCUT2D eigenvalue weighted by Gasteiger charge is -2.35. The smallest absolute Gasteiger partial charge is 0.143 e. The topological polar surface area (TPSA) is 6.48 Å². The SMILES string of the molecule is CC(C)N1CCN(CF)CC1. The van der Waals surface area contributed by atoms with E-state index in [9.17, 15) is 4.39 Å². The van der Waals surface area contributed by atoms with Crippen molar-refractivity contribution in [2.24, 2.45) is 0 Å². The highest BCUT2D eigenvalue weighted by Crippen LogP contribution is 2.04. The molecule has 0 aromatic rings. The third-order valence-corrected chi connectivity index (χ3v) is 2.31. The first-order chi connectivity index (χ1) is 5.24. The molecule has 0 aliphatic carbocycles. The summed E-state index contributed by atoms with van der Waals surface area (Å²) in [4.78, 5) is 4.23. The molecule has 0 amide bonds. The predicted octanol–water partition coefficient (Wildman–Crippen LogP) is 0.939. The van der Waals surface area contributed by atoms with Gasteiger partial charge in [0.2, 0.25) is 0 Å². The molecule has 0 aromatic heterocycles. The van der Waals surface area contributed by atoms with Gasteiger partial charge >= 0.3 is 0 Å². The number of piperazine rings is 1. The molecule has 66 valence electrons. The minimum atomic E-state index is -0.286. The minimum absolute atomic E-state index is 0.286. The van der Waals surface area contributed by atoms with Crippen LogP contribution in [0.5, 0.6) is 0 Å². The van der Waals surface area contributed by atoms with Crippen LogP contribution in [0.4, 0.5) is 4.39 Å². The van der Waals surface area contributed by atoms with Gasteiger partial charge in [-0.25, -0.2) is 4.39 Å². The van der Waals surface area contributed by atoms with Crippen molar-refractivity contribution in [1.29, 1.82) is 0 Å². The molecule has 11 heavy (non-hydrogen) atoms. The van der Waals surface area contributed by atoms with Crippen molar-refractivity contribution in [2.45, 2.75) is 19.9 Å². The molecule has 1 aliphatic rings. The molecule has 1 rings (SSSR count). The van der Waals surface area contributed by atoms with E-state index in [0.717, 1.165) is 26.2 Å². The van der Waals surface area contributed by atoms with Gasteiger partial charge in [0.15, 0.2) is 0 Å². The molecule has 2 nitrogen and oxygen atoms in total. The monoisotopic (exact) mass is 160 g/mol. The number of halogens is 1. The highest BCUT2D eigenvalue weighted by molar-refractivity contribution is 4.72. The molecule has 1 aliphatic heterocycles. The van der Waals surface area contributed by atoms with Crippen molar-refractivity contribution in [2.75, 3.05) is 33.0 Å². The summed E-state index contributed by atoms with van der Waals surface area (Å²) < 4.78 is 12.1. The van der Waals surface area contributed by atoms with Gasteiger partial charge in [-0.05, 0) is 13.8 Å². The minimum Gasteiger partial charge on any atom is -0.298 e. The normalized spacial score (nSPS) is 22.9. The van der Waals surface area contributed by atoms with Crippen molar-refractivity contribution in [3.8, 4) is 0 Å². The third kappa shape index (κ3) is 2.42. The zero-order valence-corrected chi connectivity index (χ0v) is 7.39. The third-order valence-electron chi connectivity index (χ3n) is 2.31. The van der Waals surface area contributed by atoms with E-state index in [1.54, 1.807) is 0 Å². The summed E-state index contributed by atoms with van der Waals surface area (Å²) in [5, 5.41) is 0. The van der Waals surface area contributed by atoms with E-state index in [0.29, 0.717) is 6.04 Å². The molecule has 1 fully saturated rings. The van der Waals surface area contributed by atoms with Crippen molar-refractivity contribution in [3.63, 3.8) is 0 Å². The molecular weight excluding hydrogens is 143 g/mol. The van der Waals surface area contributed by atoms with Gasteiger partial charge in [0, 0.05) is 32.2 Å². The summed E-state index contributed by atoms with van der Waals surface area (Å²) in [5.74, 6) is 0. The van der Waals surface area contributed by atoms with Gasteiger partial charge in [0.05, 0.1) is 0 Å². The number of nitrogens with zero attached hydrogens (tertiary/aromatic N) is 2. The summed E-state index contributed by atoms with van der Waals surface area (Å²) in [5.41, 5.74) is 0. The fourth-order valence-corrected chi connectivity index (χ4v) is 1.40. The van der Waals surface area contributed by atoms with Crippen molar-refractivity contribution < 1.29 is 4.39 Å². The molecule has 0 aromatic carbocycles. The van der Waals surface area contributed by atoms with Crippen molar-refractivity contribution in [3.05, 3.63) is 0 Å². The summed E-state index contributed by atoms with van der Waals surface area (Å²) >= 11 is 0. The van der Waals surface area contributed by atoms with Crippen LogP contribution in [-0.2, 0) is 0 Å². The Kier molecular flexibility index (Phi) is 3.27. The van der Waals surface area contributed by atoms with Crippen LogP contribution < -0.4 is 0 Å². The first-order valence-electron chi connectivity index (χ1n) is 4.26. The average molecular weight is 160 g/mol. The quantitative estimate of drug-likeness (QED) is 0.555. The lowest BCUT2D eigenvalue weighted by atomic mass is 10.2. The Morgan fingerprint density at radius 1 is 1.18 bits per heavy atom. The van der Waals surface area contributed by atoms with Gasteiger partial charge in [-0.3, -0.25) is 9.80 Å². The van der Waals surface area contributed by atoms with Crippen molar-refractivity contribution in [1.82, 2.24) is 9.80 Å². The number of alkyl halides is 1. The van der Waals surface area contributed by atoms with Crippen LogP contribution in [0.25, 0.3) is 0 Å². The molecule has 3 heteroatoms. The maximum absolute atomic E-state index is 12.1. The fraction of sp³-hybridized carbons (Fsp3) is 1.00. The molecule has 0 saturated carbocycles. The Morgan fingerprint density at radius 3 is 2.09 bits per heavy atom. The van der Waals surface area contributed by atoms with Crippen LogP contribution in [0.2, 0.25) is 0 Å². The van der Waals surface area contributed by atoms with E-state index in [2.05, 4.69) is 18.7 Å². The number of rotatable bonds is 2. The van der Waals surface area contributed by atoms with Gasteiger partial charge in [-0.1, -0.05) is 0 Å². The lowest BCUT2D eigenvalue weighted by molar-refractivity contribution is 0.0789. The van der Waals surface area contributed by atoms with Crippen LogP contribution in [0.1, 0.15) is 13.8 Å². The molecule has 0 radical (unpaired) electrons. The second-order valence-corrected chi connectivity index (χ2v) is 3.37. The average Bonchev–Trinajstić information content (AvgIpc) is 2.05. The molecule has 0 spiro atoms. The molecule has 1 heterocycles. The first kappa shape index (κ1) is 8.94. The highest BCUT2D eigenvalue weighted by Gasteiger charge is 2.17. The van der Waals surface area contributed by atoms with E-state index < -0.39 is 0 Å². The summed E-state index contributed by atoms with van der Waals surface area (Å²) in [7, 11) is 0. The number of hydrogen-bond donors (Lipinski definition) is 0. The van der Waals surface area contributed by atoms with Crippen molar-refractivity contribution >= 4 is 0 Å². The van der Waals surface area contributed by atoms with Gasteiger partial charge in [0.1, 0.15) is 6.80 Å². The molecule has 0 N–H and O–H groups in total. The standard InChI is InChI=1S/C8H17FN2/c1-8(2)11-5-3-10(7-9)4-6-11/h8H,3-7H2,1-2H3. The molecule has 0 atom stereocenters. The van der Waals surface area contributed by atoms with Crippen LogP contribution in [0.15, 0.2) is 0 Å². The maximum atomic E-state index is 12.1. The van der Waals surface area contributed by atoms with Crippen LogP contribution in [0.3, 0.4) is 0 Å². The van der Waals surface area contributed by atoms with Crippen LogP contribution >= 0.6 is 0 Å². The van der Waals surface area contributed by atoms with E-state index >= 15 is 0 Å². The van der Waals surface area contributed by atoms with Crippen LogP contribution in [0, 0.1) is 0 Å². The van der Waals surface area contributed by atoms with E-state index in [4.69, 9.17) is 0 Å². The zero-order chi connectivity index (χ0) is 8.27. The second-order valence-electron chi connectivity index (χ2n) is 3.37. The summed E-state index contributed by atoms with van der Waals surface area (Å²) in [6.45, 7) is 7.88. The van der Waals surface area contributed by atoms with E-state index in [-0.39, 0.29) is 6.80 Å². The van der Waals surface area contributed by atoms with Gasteiger partial charge in [-0.2, -0.15) is 0 Å². The Morgan fingerprint density at radius 2 is 1.73 bits per heavy atom. The van der Waals surface area contributed by atoms with Gasteiger partial charge in [-0.15, -0.1) is 0 Å². The fourth-order valence-electron chi connectivity index (χ4n) is 1.40.